The van der Waals surface area contributed by atoms with E-state index in [1.165, 1.54) is 49.1 Å². The van der Waals surface area contributed by atoms with Gasteiger partial charge in [0.15, 0.2) is 0 Å². The Kier molecular flexibility index (Phi) is 27.4. The van der Waals surface area contributed by atoms with E-state index >= 15 is 0 Å². The van der Waals surface area contributed by atoms with Crippen LogP contribution in [-0.4, -0.2) is 74.2 Å². The van der Waals surface area contributed by atoms with E-state index in [1.807, 2.05) is 0 Å². The van der Waals surface area contributed by atoms with Crippen molar-refractivity contribution in [3.05, 3.63) is 120 Å². The van der Waals surface area contributed by atoms with Gasteiger partial charge in [-0.05, 0) is 62.4 Å². The van der Waals surface area contributed by atoms with Gasteiger partial charge in [-0.3, -0.25) is 19.9 Å². The zero-order valence-corrected chi connectivity index (χ0v) is 24.0. The van der Waals surface area contributed by atoms with Gasteiger partial charge in [0.2, 0.25) is 0 Å². The van der Waals surface area contributed by atoms with Crippen LogP contribution in [0.2, 0.25) is 0 Å². The van der Waals surface area contributed by atoms with E-state index in [0.717, 1.165) is 13.8 Å². The molecule has 43 heavy (non-hydrogen) atoms. The van der Waals surface area contributed by atoms with E-state index in [0.29, 0.717) is 0 Å². The summed E-state index contributed by atoms with van der Waals surface area (Å²) in [5.74, 6) is -6.44. The second-order valence-electron chi connectivity index (χ2n) is 7.19. The van der Waals surface area contributed by atoms with Gasteiger partial charge in [-0.15, -0.1) is 0 Å². The summed E-state index contributed by atoms with van der Waals surface area (Å²) in [6, 6.07) is 19.7. The molecule has 0 aliphatic rings. The van der Waals surface area contributed by atoms with Crippen LogP contribution < -0.4 is 10.2 Å². The van der Waals surface area contributed by atoms with Crippen molar-refractivity contribution in [2.45, 2.75) is 25.4 Å². The Morgan fingerprint density at radius 3 is 0.791 bits per heavy atom. The molecule has 4 aromatic rings. The third-order valence-electron chi connectivity index (χ3n) is 4.09. The molecule has 0 fully saturated rings. The molecule has 0 spiro atoms. The standard InChI is InChI=1S/2C11H10N2O2.2C2H4O2.Mn.4H2O/c2*14-11(15,9-5-1-3-7-12-9)10-6-2-4-8-13-10;2*1-2(3)4;;;;;/h2*1-8,14-15H;2*1H3,(H,3,4);;4*1H2/q;;;;+2;;;;/p-2. The van der Waals surface area contributed by atoms with Crippen molar-refractivity contribution in [2.24, 2.45) is 0 Å². The number of carboxylic acids is 2. The molecule has 0 saturated carbocycles. The zero-order chi connectivity index (χ0) is 28.6. The van der Waals surface area contributed by atoms with Crippen LogP contribution in [0, 0.1) is 0 Å². The van der Waals surface area contributed by atoms with E-state index < -0.39 is 23.5 Å². The maximum atomic E-state index is 9.89. The summed E-state index contributed by atoms with van der Waals surface area (Å²) in [7, 11) is 0. The Labute approximate surface area is 256 Å². The second-order valence-corrected chi connectivity index (χ2v) is 7.19. The number of carboxylic acid groups (broad SMARTS) is 2. The first-order valence-corrected chi connectivity index (χ1v) is 10.8. The van der Waals surface area contributed by atoms with Gasteiger partial charge in [-0.2, -0.15) is 0 Å². The first kappa shape index (κ1) is 48.5. The van der Waals surface area contributed by atoms with Crippen molar-refractivity contribution in [1.29, 1.82) is 0 Å². The van der Waals surface area contributed by atoms with Crippen LogP contribution >= 0.6 is 0 Å². The average molecular weight is 650 g/mol. The van der Waals surface area contributed by atoms with Crippen LogP contribution in [0.1, 0.15) is 36.6 Å². The van der Waals surface area contributed by atoms with Crippen LogP contribution in [0.5, 0.6) is 0 Å². The van der Waals surface area contributed by atoms with Crippen LogP contribution in [0.3, 0.4) is 0 Å². The SMILES string of the molecule is CC(=O)[O-].CC(=O)[O-].O.O.O.O.OC(O)(c1ccccn1)c1ccccn1.OC(O)(c1ccccn1)c1ccccn1.[Mn+2]. The largest absolute Gasteiger partial charge is 2.00 e. The fourth-order valence-corrected chi connectivity index (χ4v) is 2.54. The smallest absolute Gasteiger partial charge is 0.550 e. The number of hydrogen-bond acceptors (Lipinski definition) is 12. The molecule has 0 aliphatic carbocycles. The molecule has 1 radical (unpaired) electrons. The Balaban J connectivity index is -0.000000164. The van der Waals surface area contributed by atoms with Gasteiger partial charge in [0.1, 0.15) is 22.8 Å². The van der Waals surface area contributed by atoms with E-state index in [-0.39, 0.29) is 61.7 Å². The topological polar surface area (TPSA) is 339 Å². The van der Waals surface area contributed by atoms with Crippen molar-refractivity contribution in [3.8, 4) is 0 Å². The molecular weight excluding hydrogens is 615 g/mol. The predicted octanol–water partition coefficient (Wildman–Crippen LogP) is -4.46. The van der Waals surface area contributed by atoms with Crippen molar-refractivity contribution in [2.75, 3.05) is 0 Å². The Morgan fingerprint density at radius 1 is 0.512 bits per heavy atom. The molecule has 237 valence electrons. The molecule has 0 bridgehead atoms. The van der Waals surface area contributed by atoms with Crippen molar-refractivity contribution >= 4 is 11.9 Å². The van der Waals surface area contributed by atoms with Gasteiger partial charge in [0.25, 0.3) is 11.6 Å². The minimum absolute atomic E-state index is 0. The van der Waals surface area contributed by atoms with Crippen LogP contribution in [0.25, 0.3) is 0 Å². The minimum Gasteiger partial charge on any atom is -0.550 e. The quantitative estimate of drug-likeness (QED) is 0.120. The zero-order valence-electron chi connectivity index (χ0n) is 22.8. The molecular formula is C26H34MnN4O12. The normalized spacial score (nSPS) is 9.07. The van der Waals surface area contributed by atoms with E-state index in [1.54, 1.807) is 48.5 Å². The van der Waals surface area contributed by atoms with Gasteiger partial charge in [-0.25, -0.2) is 0 Å². The monoisotopic (exact) mass is 649 g/mol. The number of hydrogen-bond donors (Lipinski definition) is 4. The molecule has 0 saturated heterocycles. The molecule has 0 atom stereocenters. The number of rotatable bonds is 4. The fourth-order valence-electron chi connectivity index (χ4n) is 2.54. The summed E-state index contributed by atoms with van der Waals surface area (Å²) in [4.78, 5) is 33.3. The summed E-state index contributed by atoms with van der Waals surface area (Å²) in [6.07, 6.45) is 6.00. The molecule has 17 heteroatoms. The molecule has 0 amide bonds. The van der Waals surface area contributed by atoms with Crippen molar-refractivity contribution < 1.29 is 79.2 Å². The first-order valence-electron chi connectivity index (χ1n) is 10.8. The van der Waals surface area contributed by atoms with Crippen molar-refractivity contribution in [3.63, 3.8) is 0 Å². The van der Waals surface area contributed by atoms with Gasteiger partial charge < -0.3 is 62.1 Å². The molecule has 4 rings (SSSR count). The second kappa shape index (κ2) is 24.3. The number of carbonyl (C=O) groups excluding carboxylic acids is 2. The van der Waals surface area contributed by atoms with E-state index in [9.17, 15) is 20.4 Å². The molecule has 0 aliphatic heterocycles. The predicted molar refractivity (Wildman–Crippen MR) is 143 cm³/mol. The molecule has 0 unspecified atom stereocenters. The number of aliphatic carboxylic acids is 2. The van der Waals surface area contributed by atoms with Gasteiger partial charge in [0.05, 0.1) is 0 Å². The summed E-state index contributed by atoms with van der Waals surface area (Å²) in [5.41, 5.74) is 0.625. The Hall–Kier alpha value is -4.26. The van der Waals surface area contributed by atoms with Crippen LogP contribution in [0.4, 0.5) is 0 Å². The number of nitrogens with zero attached hydrogens (tertiary/aromatic N) is 4. The van der Waals surface area contributed by atoms with Crippen molar-refractivity contribution in [1.82, 2.24) is 19.9 Å². The third kappa shape index (κ3) is 18.0. The summed E-state index contributed by atoms with van der Waals surface area (Å²) in [6.45, 7) is 1.94. The maximum absolute atomic E-state index is 9.89. The minimum atomic E-state index is -2.14. The third-order valence-corrected chi connectivity index (χ3v) is 4.09. The van der Waals surface area contributed by atoms with Crippen LogP contribution in [-0.2, 0) is 38.2 Å². The van der Waals surface area contributed by atoms with E-state index in [4.69, 9.17) is 19.8 Å². The number of pyridine rings is 4. The van der Waals surface area contributed by atoms with Gasteiger partial charge in [0, 0.05) is 36.7 Å². The molecule has 16 nitrogen and oxygen atoms in total. The average Bonchev–Trinajstić information content (AvgIpc) is 2.90. The maximum Gasteiger partial charge on any atom is 2.00 e. The first-order chi connectivity index (χ1) is 17.9. The van der Waals surface area contributed by atoms with Gasteiger partial charge >= 0.3 is 17.1 Å². The molecule has 4 aromatic heterocycles. The Bertz CT molecular complexity index is 1050. The van der Waals surface area contributed by atoms with Crippen LogP contribution in [0.15, 0.2) is 97.6 Å². The Morgan fingerprint density at radius 2 is 0.674 bits per heavy atom. The summed E-state index contributed by atoms with van der Waals surface area (Å²) >= 11 is 0. The molecule has 4 heterocycles. The summed E-state index contributed by atoms with van der Waals surface area (Å²) < 4.78 is 0. The van der Waals surface area contributed by atoms with Gasteiger partial charge in [-0.1, -0.05) is 24.3 Å². The number of aliphatic hydroxyl groups is 4. The number of carbonyl (C=O) groups is 2. The number of aromatic nitrogens is 4. The fraction of sp³-hybridized carbons (Fsp3) is 0.154. The molecule has 0 aromatic carbocycles. The molecule has 12 N–H and O–H groups in total. The summed E-state index contributed by atoms with van der Waals surface area (Å²) in [5, 5.41) is 57.3. The van der Waals surface area contributed by atoms with E-state index in [2.05, 4.69) is 19.9 Å².